The summed E-state index contributed by atoms with van der Waals surface area (Å²) < 4.78 is 0. The summed E-state index contributed by atoms with van der Waals surface area (Å²) in [5.74, 6) is 0.124. The van der Waals surface area contributed by atoms with Gasteiger partial charge >= 0.3 is 0 Å². The first-order valence-electron chi connectivity index (χ1n) is 7.93. The molecule has 0 radical (unpaired) electrons. The maximum atomic E-state index is 12.0. The van der Waals surface area contributed by atoms with Crippen LogP contribution in [-0.4, -0.2) is 24.9 Å². The van der Waals surface area contributed by atoms with Gasteiger partial charge in [-0.25, -0.2) is 0 Å². The summed E-state index contributed by atoms with van der Waals surface area (Å²) in [5, 5.41) is 2.90. The lowest BCUT2D eigenvalue weighted by molar-refractivity contribution is -0.121. The normalized spacial score (nSPS) is 13.0. The first kappa shape index (κ1) is 15.3. The Morgan fingerprint density at radius 1 is 1.04 bits per heavy atom. The Hall–Kier alpha value is -2.62. The van der Waals surface area contributed by atoms with Crippen LogP contribution in [0, 0.1) is 0 Å². The average molecular weight is 308 g/mol. The minimum Gasteiger partial charge on any atom is -0.354 e. The largest absolute Gasteiger partial charge is 0.354 e. The van der Waals surface area contributed by atoms with Crippen LogP contribution >= 0.6 is 0 Å². The molecule has 23 heavy (non-hydrogen) atoms. The van der Waals surface area contributed by atoms with Crippen molar-refractivity contribution in [3.05, 3.63) is 65.7 Å². The minimum atomic E-state index is 0.0220. The molecule has 0 aromatic heterocycles. The highest BCUT2D eigenvalue weighted by Crippen LogP contribution is 2.27. The van der Waals surface area contributed by atoms with E-state index >= 15 is 0 Å². The number of nitrogens with zero attached hydrogens (tertiary/aromatic N) is 1. The molecule has 0 atom stereocenters. The van der Waals surface area contributed by atoms with Crippen molar-refractivity contribution < 1.29 is 9.59 Å². The zero-order chi connectivity index (χ0) is 16.1. The van der Waals surface area contributed by atoms with E-state index in [1.54, 1.807) is 4.90 Å². The predicted molar refractivity (Wildman–Crippen MR) is 90.3 cm³/mol. The molecule has 1 heterocycles. The van der Waals surface area contributed by atoms with Crippen LogP contribution in [0.15, 0.2) is 54.6 Å². The van der Waals surface area contributed by atoms with Crippen molar-refractivity contribution in [3.63, 3.8) is 0 Å². The van der Waals surface area contributed by atoms with Gasteiger partial charge in [-0.15, -0.1) is 0 Å². The molecule has 0 unspecified atom stereocenters. The quantitative estimate of drug-likeness (QED) is 0.890. The maximum absolute atomic E-state index is 12.0. The Kier molecular flexibility index (Phi) is 4.71. The smallest absolute Gasteiger partial charge is 0.231 e. The molecular formula is C19H20N2O2. The third kappa shape index (κ3) is 3.77. The van der Waals surface area contributed by atoms with E-state index < -0.39 is 0 Å². The maximum Gasteiger partial charge on any atom is 0.231 e. The fraction of sp³-hybridized carbons (Fsp3) is 0.263. The molecule has 4 nitrogen and oxygen atoms in total. The second kappa shape index (κ2) is 7.09. The number of aryl methyl sites for hydroxylation is 1. The molecule has 2 aromatic rings. The number of rotatable bonds is 6. The van der Waals surface area contributed by atoms with Crippen molar-refractivity contribution in [3.8, 4) is 0 Å². The standard InChI is InChI=1S/C19H20N2O2/c22-18(11-10-15-6-2-1-3-7-15)20-12-13-21-17-9-5-4-8-16(17)14-19(21)23/h1-9H,10-14H2,(H,20,22). The van der Waals surface area contributed by atoms with E-state index in [0.717, 1.165) is 23.2 Å². The summed E-state index contributed by atoms with van der Waals surface area (Å²) in [7, 11) is 0. The van der Waals surface area contributed by atoms with Gasteiger partial charge in [0.25, 0.3) is 0 Å². The topological polar surface area (TPSA) is 49.4 Å². The zero-order valence-corrected chi connectivity index (χ0v) is 13.0. The highest BCUT2D eigenvalue weighted by Gasteiger charge is 2.26. The average Bonchev–Trinajstić information content (AvgIpc) is 2.90. The molecule has 0 fully saturated rings. The molecule has 0 saturated heterocycles. The van der Waals surface area contributed by atoms with Crippen LogP contribution in [0.5, 0.6) is 0 Å². The van der Waals surface area contributed by atoms with Crippen LogP contribution in [-0.2, 0) is 22.4 Å². The summed E-state index contributed by atoms with van der Waals surface area (Å²) in [6, 6.07) is 17.8. The molecule has 0 bridgehead atoms. The molecule has 118 valence electrons. The van der Waals surface area contributed by atoms with E-state index in [2.05, 4.69) is 5.32 Å². The van der Waals surface area contributed by atoms with Crippen molar-refractivity contribution in [1.29, 1.82) is 0 Å². The highest BCUT2D eigenvalue weighted by atomic mass is 16.2. The fourth-order valence-electron chi connectivity index (χ4n) is 2.86. The Balaban J connectivity index is 1.44. The van der Waals surface area contributed by atoms with E-state index in [1.807, 2.05) is 54.6 Å². The van der Waals surface area contributed by atoms with Crippen molar-refractivity contribution in [1.82, 2.24) is 5.32 Å². The molecule has 0 aliphatic carbocycles. The van der Waals surface area contributed by atoms with E-state index in [4.69, 9.17) is 0 Å². The van der Waals surface area contributed by atoms with Gasteiger partial charge < -0.3 is 10.2 Å². The first-order valence-corrected chi connectivity index (χ1v) is 7.93. The van der Waals surface area contributed by atoms with E-state index in [9.17, 15) is 9.59 Å². The van der Waals surface area contributed by atoms with Crippen molar-refractivity contribution >= 4 is 17.5 Å². The lowest BCUT2D eigenvalue weighted by Crippen LogP contribution is -2.36. The van der Waals surface area contributed by atoms with Gasteiger partial charge in [-0.3, -0.25) is 9.59 Å². The Morgan fingerprint density at radius 2 is 1.78 bits per heavy atom. The lowest BCUT2D eigenvalue weighted by atomic mass is 10.1. The first-order chi connectivity index (χ1) is 11.2. The molecular weight excluding hydrogens is 288 g/mol. The van der Waals surface area contributed by atoms with E-state index in [0.29, 0.717) is 25.9 Å². The molecule has 2 aromatic carbocycles. The Morgan fingerprint density at radius 3 is 2.61 bits per heavy atom. The Bertz CT molecular complexity index is 698. The molecule has 4 heteroatoms. The molecule has 1 aliphatic rings. The van der Waals surface area contributed by atoms with Crippen LogP contribution in [0.25, 0.3) is 0 Å². The van der Waals surface area contributed by atoms with Gasteiger partial charge in [-0.05, 0) is 23.6 Å². The van der Waals surface area contributed by atoms with Crippen LogP contribution in [0.2, 0.25) is 0 Å². The second-order valence-electron chi connectivity index (χ2n) is 5.69. The summed E-state index contributed by atoms with van der Waals surface area (Å²) in [4.78, 5) is 25.7. The van der Waals surface area contributed by atoms with Gasteiger partial charge in [0.2, 0.25) is 11.8 Å². The monoisotopic (exact) mass is 308 g/mol. The summed E-state index contributed by atoms with van der Waals surface area (Å²) in [6.45, 7) is 1.00. The number of carbonyl (C=O) groups excluding carboxylic acids is 2. The Labute approximate surface area is 136 Å². The lowest BCUT2D eigenvalue weighted by Gasteiger charge is -2.17. The fourth-order valence-corrected chi connectivity index (χ4v) is 2.86. The van der Waals surface area contributed by atoms with Gasteiger partial charge in [0.05, 0.1) is 6.42 Å². The SMILES string of the molecule is O=C(CCc1ccccc1)NCCN1C(=O)Cc2ccccc21. The minimum absolute atomic E-state index is 0.0220. The van der Waals surface area contributed by atoms with E-state index in [-0.39, 0.29) is 11.8 Å². The number of amides is 2. The third-order valence-electron chi connectivity index (χ3n) is 4.07. The number of benzene rings is 2. The number of carbonyl (C=O) groups is 2. The molecule has 1 N–H and O–H groups in total. The van der Waals surface area contributed by atoms with Gasteiger partial charge in [-0.2, -0.15) is 0 Å². The van der Waals surface area contributed by atoms with Crippen molar-refractivity contribution in [2.24, 2.45) is 0 Å². The zero-order valence-electron chi connectivity index (χ0n) is 13.0. The summed E-state index contributed by atoms with van der Waals surface area (Å²) in [5.41, 5.74) is 3.19. The molecule has 1 aliphatic heterocycles. The molecule has 0 spiro atoms. The number of hydrogen-bond acceptors (Lipinski definition) is 2. The van der Waals surface area contributed by atoms with Crippen LogP contribution in [0.1, 0.15) is 17.5 Å². The van der Waals surface area contributed by atoms with E-state index in [1.165, 1.54) is 0 Å². The number of para-hydroxylation sites is 1. The van der Waals surface area contributed by atoms with Crippen molar-refractivity contribution in [2.75, 3.05) is 18.0 Å². The third-order valence-corrected chi connectivity index (χ3v) is 4.07. The van der Waals surface area contributed by atoms with Gasteiger partial charge in [0, 0.05) is 25.2 Å². The summed E-state index contributed by atoms with van der Waals surface area (Å²) in [6.07, 6.45) is 1.66. The number of anilines is 1. The molecule has 3 rings (SSSR count). The van der Waals surface area contributed by atoms with Gasteiger partial charge in [-0.1, -0.05) is 48.5 Å². The summed E-state index contributed by atoms with van der Waals surface area (Å²) >= 11 is 0. The van der Waals surface area contributed by atoms with Crippen LogP contribution in [0.3, 0.4) is 0 Å². The van der Waals surface area contributed by atoms with Crippen LogP contribution in [0.4, 0.5) is 5.69 Å². The van der Waals surface area contributed by atoms with Crippen LogP contribution < -0.4 is 10.2 Å². The number of nitrogens with one attached hydrogen (secondary N) is 1. The molecule has 2 amide bonds. The molecule has 0 saturated carbocycles. The van der Waals surface area contributed by atoms with Gasteiger partial charge in [0.15, 0.2) is 0 Å². The highest BCUT2D eigenvalue weighted by molar-refractivity contribution is 6.01. The number of fused-ring (bicyclic) bond motifs is 1. The van der Waals surface area contributed by atoms with Crippen molar-refractivity contribution in [2.45, 2.75) is 19.3 Å². The predicted octanol–water partition coefficient (Wildman–Crippen LogP) is 2.32. The van der Waals surface area contributed by atoms with Gasteiger partial charge in [0.1, 0.15) is 0 Å². The second-order valence-corrected chi connectivity index (χ2v) is 5.69. The number of hydrogen-bond donors (Lipinski definition) is 1.